The fourth-order valence-electron chi connectivity index (χ4n) is 1.68. The van der Waals surface area contributed by atoms with E-state index in [-0.39, 0.29) is 26.2 Å². The molecule has 84 valence electrons. The van der Waals surface area contributed by atoms with E-state index in [0.29, 0.717) is 5.92 Å². The minimum absolute atomic E-state index is 0. The molecule has 0 bridgehead atoms. The number of hydrogen-bond donors (Lipinski definition) is 0. The first-order valence-electron chi connectivity index (χ1n) is 5.54. The van der Waals surface area contributed by atoms with Gasteiger partial charge in [-0.25, -0.2) is 22.4 Å². The molecule has 0 fully saturated rings. The second-order valence-electron chi connectivity index (χ2n) is 4.27. The predicted molar refractivity (Wildman–Crippen MR) is 70.4 cm³/mol. The average molecular weight is 308 g/mol. The van der Waals surface area contributed by atoms with Gasteiger partial charge in [0.25, 0.3) is 0 Å². The molecule has 0 radical (unpaired) electrons. The van der Waals surface area contributed by atoms with Gasteiger partial charge in [0.2, 0.25) is 0 Å². The minimum Gasteiger partial charge on any atom is -0.271 e. The summed E-state index contributed by atoms with van der Waals surface area (Å²) in [5.41, 5.74) is 4.28. The van der Waals surface area contributed by atoms with E-state index in [9.17, 15) is 0 Å². The van der Waals surface area contributed by atoms with Crippen molar-refractivity contribution in [2.45, 2.75) is 34.1 Å². The van der Waals surface area contributed by atoms with Gasteiger partial charge in [-0.15, -0.1) is 13.3 Å². The van der Waals surface area contributed by atoms with Crippen molar-refractivity contribution < 1.29 is 26.2 Å². The van der Waals surface area contributed by atoms with Crippen molar-refractivity contribution in [1.82, 2.24) is 0 Å². The van der Waals surface area contributed by atoms with E-state index in [1.165, 1.54) is 21.9 Å². The molecule has 0 saturated heterocycles. The summed E-state index contributed by atoms with van der Waals surface area (Å²) < 4.78 is 0. The van der Waals surface area contributed by atoms with Crippen LogP contribution in [0.15, 0.2) is 34.1 Å². The molecule has 2 aliphatic carbocycles. The summed E-state index contributed by atoms with van der Waals surface area (Å²) in [5, 5.41) is 1.47. The molecule has 2 heteroatoms. The van der Waals surface area contributed by atoms with E-state index in [4.69, 9.17) is 0 Å². The molecule has 0 amide bonds. The fourth-order valence-corrected chi connectivity index (χ4v) is 2.50. The van der Waals surface area contributed by atoms with Gasteiger partial charge in [-0.05, 0) is 10.2 Å². The Morgan fingerprint density at radius 2 is 1.94 bits per heavy atom. The smallest absolute Gasteiger partial charge is 0.271 e. The molecule has 2 rings (SSSR count). The largest absolute Gasteiger partial charge is 2.00 e. The molecule has 0 aromatic carbocycles. The van der Waals surface area contributed by atoms with E-state index in [2.05, 4.69) is 52.0 Å². The first-order valence-corrected chi connectivity index (χ1v) is 6.54. The van der Waals surface area contributed by atoms with Gasteiger partial charge in [0.05, 0.1) is 0 Å². The fraction of sp³-hybridized carbons (Fsp3) is 0.429. The number of hydrogen-bond acceptors (Lipinski definition) is 0. The van der Waals surface area contributed by atoms with E-state index in [1.54, 1.807) is 0 Å². The van der Waals surface area contributed by atoms with Crippen LogP contribution in [0.2, 0.25) is 0 Å². The molecule has 0 aromatic rings. The second-order valence-corrected chi connectivity index (χ2v) is 5.27. The predicted octanol–water partition coefficient (Wildman–Crippen LogP) is 2.72. The minimum atomic E-state index is 0. The van der Waals surface area contributed by atoms with Gasteiger partial charge in [0.15, 0.2) is 0 Å². The standard InChI is InChI=1S/C8H13Si.C6H7.Zr/c1-5-4-8(9)7(3)6(5)2;1-6-4-2-3-5-6;/h5H,1-3,9H3;2,4H,3H2,1H3;/q2*-1;+2. The summed E-state index contributed by atoms with van der Waals surface area (Å²) in [5.74, 6) is 0.595. The van der Waals surface area contributed by atoms with Crippen LogP contribution in [0, 0.1) is 18.1 Å². The first-order chi connectivity index (χ1) is 7.02. The summed E-state index contributed by atoms with van der Waals surface area (Å²) >= 11 is 0. The Morgan fingerprint density at radius 3 is 2.06 bits per heavy atom. The normalized spacial score (nSPS) is 22.4. The monoisotopic (exact) mass is 306 g/mol. The quantitative estimate of drug-likeness (QED) is 0.477. The zero-order valence-electron chi connectivity index (χ0n) is 10.9. The van der Waals surface area contributed by atoms with Gasteiger partial charge in [-0.1, -0.05) is 26.7 Å². The van der Waals surface area contributed by atoms with Crippen molar-refractivity contribution >= 4 is 10.2 Å². The Labute approximate surface area is 122 Å². The van der Waals surface area contributed by atoms with Gasteiger partial charge in [-0.2, -0.15) is 11.6 Å². The van der Waals surface area contributed by atoms with E-state index in [0.717, 1.165) is 16.7 Å². The zero-order valence-corrected chi connectivity index (χ0v) is 15.4. The molecule has 0 aliphatic heterocycles. The van der Waals surface area contributed by atoms with Crippen LogP contribution in [0.4, 0.5) is 0 Å². The van der Waals surface area contributed by atoms with Crippen molar-refractivity contribution in [1.29, 1.82) is 0 Å². The van der Waals surface area contributed by atoms with Gasteiger partial charge in [-0.3, -0.25) is 12.2 Å². The molecule has 1 atom stereocenters. The van der Waals surface area contributed by atoms with Crippen LogP contribution in [0.3, 0.4) is 0 Å². The summed E-state index contributed by atoms with van der Waals surface area (Å²) in [6.07, 6.45) is 11.8. The van der Waals surface area contributed by atoms with Crippen LogP contribution in [0.1, 0.15) is 34.1 Å². The topological polar surface area (TPSA) is 0 Å². The van der Waals surface area contributed by atoms with Crippen LogP contribution in [0.5, 0.6) is 0 Å². The van der Waals surface area contributed by atoms with Crippen LogP contribution in [-0.4, -0.2) is 10.2 Å². The van der Waals surface area contributed by atoms with Crippen LogP contribution < -0.4 is 0 Å². The van der Waals surface area contributed by atoms with E-state index >= 15 is 0 Å². The van der Waals surface area contributed by atoms with Crippen molar-refractivity contribution in [3.63, 3.8) is 0 Å². The van der Waals surface area contributed by atoms with Crippen molar-refractivity contribution in [3.05, 3.63) is 46.2 Å². The van der Waals surface area contributed by atoms with Crippen molar-refractivity contribution in [3.8, 4) is 0 Å². The summed E-state index contributed by atoms with van der Waals surface area (Å²) in [6.45, 7) is 8.68. The zero-order chi connectivity index (χ0) is 11.4. The molecule has 1 unspecified atom stereocenters. The second kappa shape index (κ2) is 7.40. The van der Waals surface area contributed by atoms with Crippen molar-refractivity contribution in [2.24, 2.45) is 5.92 Å². The SMILES string of the molecule is CC1=C(C)C(C)[C-]=C1[SiH3].CC1=[C-]CC=C1.[Zr+2]. The maximum atomic E-state index is 3.42. The number of allylic oxidation sites excluding steroid dienone is 8. The first kappa shape index (κ1) is 16.1. The van der Waals surface area contributed by atoms with Gasteiger partial charge in [0, 0.05) is 0 Å². The van der Waals surface area contributed by atoms with Gasteiger partial charge < -0.3 is 0 Å². The Balaban J connectivity index is 0.000000283. The third-order valence-corrected chi connectivity index (χ3v) is 4.14. The molecule has 0 aromatic heterocycles. The van der Waals surface area contributed by atoms with Crippen molar-refractivity contribution in [2.75, 3.05) is 0 Å². The van der Waals surface area contributed by atoms with Crippen LogP contribution in [0.25, 0.3) is 0 Å². The van der Waals surface area contributed by atoms with E-state index < -0.39 is 0 Å². The molecule has 0 N–H and O–H groups in total. The molecular weight excluding hydrogens is 287 g/mol. The summed E-state index contributed by atoms with van der Waals surface area (Å²) in [7, 11) is 1.16. The Kier molecular flexibility index (Phi) is 7.43. The molecule has 0 spiro atoms. The Bertz CT molecular complexity index is 356. The summed E-state index contributed by atoms with van der Waals surface area (Å²) in [6, 6.07) is 0. The third kappa shape index (κ3) is 4.51. The van der Waals surface area contributed by atoms with Gasteiger partial charge in [0.1, 0.15) is 0 Å². The average Bonchev–Trinajstić information content (AvgIpc) is 2.73. The van der Waals surface area contributed by atoms with Gasteiger partial charge >= 0.3 is 26.2 Å². The van der Waals surface area contributed by atoms with Crippen LogP contribution in [-0.2, 0) is 26.2 Å². The number of rotatable bonds is 0. The molecule has 0 saturated carbocycles. The van der Waals surface area contributed by atoms with E-state index in [1.807, 2.05) is 0 Å². The molecule has 0 heterocycles. The maximum absolute atomic E-state index is 3.42. The summed E-state index contributed by atoms with van der Waals surface area (Å²) in [4.78, 5) is 0. The third-order valence-electron chi connectivity index (χ3n) is 3.10. The molecular formula is C14H20SiZr. The molecule has 2 aliphatic rings. The Hall–Kier alpha value is 0.0600. The molecule has 16 heavy (non-hydrogen) atoms. The van der Waals surface area contributed by atoms with Crippen LogP contribution >= 0.6 is 0 Å². The maximum Gasteiger partial charge on any atom is 2.00 e. The Morgan fingerprint density at radius 1 is 1.31 bits per heavy atom. The molecule has 0 nitrogen and oxygen atoms in total.